The zero-order chi connectivity index (χ0) is 16.5. The van der Waals surface area contributed by atoms with Crippen molar-refractivity contribution >= 4 is 16.8 Å². The molecule has 122 valence electrons. The van der Waals surface area contributed by atoms with Crippen molar-refractivity contribution < 1.29 is 4.79 Å². The predicted octanol–water partition coefficient (Wildman–Crippen LogP) is 2.68. The molecule has 1 aliphatic rings. The maximum absolute atomic E-state index is 12.9. The van der Waals surface area contributed by atoms with Gasteiger partial charge in [0.1, 0.15) is 0 Å². The monoisotopic (exact) mass is 321 g/mol. The third kappa shape index (κ3) is 2.64. The molecular weight excluding hydrogens is 302 g/mol. The molecule has 0 spiro atoms. The smallest absolute Gasteiger partial charge is 0.275 e. The third-order valence-corrected chi connectivity index (χ3v) is 4.57. The van der Waals surface area contributed by atoms with E-state index in [1.54, 1.807) is 6.20 Å². The number of likely N-dealkylation sites (tertiary alicyclic amines) is 1. The first kappa shape index (κ1) is 14.8. The van der Waals surface area contributed by atoms with E-state index in [1.807, 2.05) is 42.3 Å². The number of piperidine rings is 1. The fourth-order valence-corrected chi connectivity index (χ4v) is 3.36. The van der Waals surface area contributed by atoms with Crippen molar-refractivity contribution in [3.05, 3.63) is 53.7 Å². The Balaban J connectivity index is 1.58. The molecule has 1 N–H and O–H groups in total. The lowest BCUT2D eigenvalue weighted by Gasteiger charge is -2.32. The molecule has 3 heterocycles. The minimum absolute atomic E-state index is 0.0160. The van der Waals surface area contributed by atoms with Gasteiger partial charge in [-0.05, 0) is 25.8 Å². The highest BCUT2D eigenvalue weighted by molar-refractivity contribution is 6.04. The van der Waals surface area contributed by atoms with Crippen molar-refractivity contribution in [2.45, 2.75) is 25.7 Å². The number of rotatable bonds is 2. The standard InChI is InChI=1S/C18H19N5O/c1-12-9-19-10-16(20-12)13-5-4-8-23(11-13)18(24)17-14-6-2-3-7-15(14)21-22-17/h2-3,6-7,9-10,13H,4-5,8,11H2,1H3,(H,21,22)/t13-/m0/s1. The molecule has 0 bridgehead atoms. The summed E-state index contributed by atoms with van der Waals surface area (Å²) in [5.41, 5.74) is 3.27. The predicted molar refractivity (Wildman–Crippen MR) is 90.7 cm³/mol. The van der Waals surface area contributed by atoms with Crippen LogP contribution < -0.4 is 0 Å². The van der Waals surface area contributed by atoms with Crippen LogP contribution in [-0.2, 0) is 0 Å². The van der Waals surface area contributed by atoms with Gasteiger partial charge in [-0.2, -0.15) is 5.10 Å². The number of amides is 1. The average Bonchev–Trinajstić information content (AvgIpc) is 3.05. The Morgan fingerprint density at radius 3 is 3.04 bits per heavy atom. The lowest BCUT2D eigenvalue weighted by Crippen LogP contribution is -2.39. The second kappa shape index (κ2) is 6.03. The van der Waals surface area contributed by atoms with Gasteiger partial charge in [-0.1, -0.05) is 18.2 Å². The Bertz CT molecular complexity index is 888. The van der Waals surface area contributed by atoms with Gasteiger partial charge in [-0.15, -0.1) is 0 Å². The Hall–Kier alpha value is -2.76. The number of hydrogen-bond acceptors (Lipinski definition) is 4. The van der Waals surface area contributed by atoms with E-state index >= 15 is 0 Å². The van der Waals surface area contributed by atoms with E-state index < -0.39 is 0 Å². The normalized spacial score (nSPS) is 18.0. The van der Waals surface area contributed by atoms with E-state index in [4.69, 9.17) is 0 Å². The SMILES string of the molecule is Cc1cncc([C@H]2CCCN(C(=O)c3n[nH]c4ccccc34)C2)n1. The highest BCUT2D eigenvalue weighted by Gasteiger charge is 2.28. The van der Waals surface area contributed by atoms with E-state index in [9.17, 15) is 4.79 Å². The summed E-state index contributed by atoms with van der Waals surface area (Å²) in [7, 11) is 0. The van der Waals surface area contributed by atoms with E-state index in [1.165, 1.54) is 0 Å². The molecule has 1 saturated heterocycles. The van der Waals surface area contributed by atoms with Crippen LogP contribution in [0, 0.1) is 6.92 Å². The molecule has 1 amide bonds. The number of fused-ring (bicyclic) bond motifs is 1. The van der Waals surface area contributed by atoms with Gasteiger partial charge in [0.15, 0.2) is 5.69 Å². The third-order valence-electron chi connectivity index (χ3n) is 4.57. The largest absolute Gasteiger partial charge is 0.337 e. The van der Waals surface area contributed by atoms with Gasteiger partial charge >= 0.3 is 0 Å². The quantitative estimate of drug-likeness (QED) is 0.787. The van der Waals surface area contributed by atoms with Crippen LogP contribution in [0.2, 0.25) is 0 Å². The number of aryl methyl sites for hydroxylation is 1. The maximum atomic E-state index is 12.9. The molecule has 1 fully saturated rings. The summed E-state index contributed by atoms with van der Waals surface area (Å²) >= 11 is 0. The van der Waals surface area contributed by atoms with Crippen LogP contribution in [0.1, 0.15) is 40.6 Å². The molecule has 0 aliphatic carbocycles. The average molecular weight is 321 g/mol. The van der Waals surface area contributed by atoms with Gasteiger partial charge in [-0.3, -0.25) is 19.9 Å². The van der Waals surface area contributed by atoms with Gasteiger partial charge in [0.25, 0.3) is 5.91 Å². The summed E-state index contributed by atoms with van der Waals surface area (Å²) in [6.07, 6.45) is 5.57. The summed E-state index contributed by atoms with van der Waals surface area (Å²) in [4.78, 5) is 23.6. The topological polar surface area (TPSA) is 74.8 Å². The molecule has 1 aliphatic heterocycles. The second-order valence-electron chi connectivity index (χ2n) is 6.29. The molecule has 1 aromatic carbocycles. The molecule has 6 heteroatoms. The number of benzene rings is 1. The number of aromatic nitrogens is 4. The first-order valence-electron chi connectivity index (χ1n) is 8.23. The number of hydrogen-bond donors (Lipinski definition) is 1. The molecule has 24 heavy (non-hydrogen) atoms. The fraction of sp³-hybridized carbons (Fsp3) is 0.333. The molecule has 4 rings (SSSR count). The number of para-hydroxylation sites is 1. The Morgan fingerprint density at radius 1 is 1.29 bits per heavy atom. The zero-order valence-corrected chi connectivity index (χ0v) is 13.6. The van der Waals surface area contributed by atoms with Crippen molar-refractivity contribution in [2.24, 2.45) is 0 Å². The summed E-state index contributed by atoms with van der Waals surface area (Å²) in [6, 6.07) is 7.72. The van der Waals surface area contributed by atoms with Crippen LogP contribution in [0.25, 0.3) is 10.9 Å². The number of carbonyl (C=O) groups is 1. The van der Waals surface area contributed by atoms with Gasteiger partial charge in [0.05, 0.1) is 16.9 Å². The van der Waals surface area contributed by atoms with Crippen LogP contribution in [0.15, 0.2) is 36.7 Å². The Morgan fingerprint density at radius 2 is 2.17 bits per heavy atom. The number of nitrogens with zero attached hydrogens (tertiary/aromatic N) is 4. The molecule has 2 aromatic heterocycles. The lowest BCUT2D eigenvalue weighted by atomic mass is 9.94. The Labute approximate surface area is 139 Å². The van der Waals surface area contributed by atoms with E-state index in [-0.39, 0.29) is 11.8 Å². The summed E-state index contributed by atoms with van der Waals surface area (Å²) in [5.74, 6) is 0.220. The fourth-order valence-electron chi connectivity index (χ4n) is 3.36. The van der Waals surface area contributed by atoms with Crippen molar-refractivity contribution in [3.63, 3.8) is 0 Å². The van der Waals surface area contributed by atoms with Gasteiger partial charge in [0.2, 0.25) is 0 Å². The zero-order valence-electron chi connectivity index (χ0n) is 13.6. The van der Waals surface area contributed by atoms with Crippen molar-refractivity contribution in [1.82, 2.24) is 25.1 Å². The number of nitrogens with one attached hydrogen (secondary N) is 1. The second-order valence-corrected chi connectivity index (χ2v) is 6.29. The van der Waals surface area contributed by atoms with Crippen LogP contribution >= 0.6 is 0 Å². The van der Waals surface area contributed by atoms with Crippen LogP contribution in [0.4, 0.5) is 0 Å². The van der Waals surface area contributed by atoms with E-state index in [0.29, 0.717) is 12.2 Å². The lowest BCUT2D eigenvalue weighted by molar-refractivity contribution is 0.0701. The van der Waals surface area contributed by atoms with E-state index in [2.05, 4.69) is 20.2 Å². The highest BCUT2D eigenvalue weighted by atomic mass is 16.2. The first-order valence-corrected chi connectivity index (χ1v) is 8.23. The summed E-state index contributed by atoms with van der Waals surface area (Å²) < 4.78 is 0. The van der Waals surface area contributed by atoms with E-state index in [0.717, 1.165) is 41.7 Å². The van der Waals surface area contributed by atoms with Gasteiger partial charge < -0.3 is 4.90 Å². The summed E-state index contributed by atoms with van der Waals surface area (Å²) in [6.45, 7) is 3.37. The van der Waals surface area contributed by atoms with Crippen molar-refractivity contribution in [1.29, 1.82) is 0 Å². The first-order chi connectivity index (χ1) is 11.7. The van der Waals surface area contributed by atoms with Crippen LogP contribution in [0.3, 0.4) is 0 Å². The Kier molecular flexibility index (Phi) is 3.72. The molecule has 6 nitrogen and oxygen atoms in total. The van der Waals surface area contributed by atoms with Crippen molar-refractivity contribution in [3.8, 4) is 0 Å². The minimum atomic E-state index is -0.0160. The molecular formula is C18H19N5O. The van der Waals surface area contributed by atoms with Crippen LogP contribution in [0.5, 0.6) is 0 Å². The van der Waals surface area contributed by atoms with Gasteiger partial charge in [-0.25, -0.2) is 0 Å². The number of H-pyrrole nitrogens is 1. The molecule has 0 saturated carbocycles. The maximum Gasteiger partial charge on any atom is 0.275 e. The van der Waals surface area contributed by atoms with Crippen LogP contribution in [-0.4, -0.2) is 44.1 Å². The molecule has 1 atom stereocenters. The number of aromatic amines is 1. The number of carbonyl (C=O) groups excluding carboxylic acids is 1. The minimum Gasteiger partial charge on any atom is -0.337 e. The highest BCUT2D eigenvalue weighted by Crippen LogP contribution is 2.27. The molecule has 3 aromatic rings. The summed E-state index contributed by atoms with van der Waals surface area (Å²) in [5, 5.41) is 8.05. The van der Waals surface area contributed by atoms with Crippen molar-refractivity contribution in [2.75, 3.05) is 13.1 Å². The van der Waals surface area contributed by atoms with Gasteiger partial charge in [0, 0.05) is 36.8 Å². The molecule has 0 unspecified atom stereocenters. The molecule has 0 radical (unpaired) electrons.